The molecule has 7 heteroatoms. The first-order valence-corrected chi connectivity index (χ1v) is 8.86. The van der Waals surface area contributed by atoms with E-state index in [1.807, 2.05) is 66.0 Å². The summed E-state index contributed by atoms with van der Waals surface area (Å²) >= 11 is 0. The molecular weight excluding hydrogens is 384 g/mol. The summed E-state index contributed by atoms with van der Waals surface area (Å²) in [7, 11) is 0. The SMILES string of the molecule is O=C(NCC(c1ccccc1)c1ccccc1)Nc1c(F)cccc1C(F)(F)F. The van der Waals surface area contributed by atoms with Gasteiger partial charge >= 0.3 is 12.2 Å². The molecule has 0 bridgehead atoms. The Labute approximate surface area is 165 Å². The first-order chi connectivity index (χ1) is 13.9. The maximum Gasteiger partial charge on any atom is 0.418 e. The van der Waals surface area contributed by atoms with Crippen LogP contribution in [0.3, 0.4) is 0 Å². The third kappa shape index (κ3) is 5.13. The van der Waals surface area contributed by atoms with Gasteiger partial charge in [0.05, 0.1) is 11.3 Å². The maximum absolute atomic E-state index is 13.9. The van der Waals surface area contributed by atoms with Crippen molar-refractivity contribution in [2.75, 3.05) is 11.9 Å². The van der Waals surface area contributed by atoms with Crippen LogP contribution < -0.4 is 10.6 Å². The highest BCUT2D eigenvalue weighted by atomic mass is 19.4. The minimum absolute atomic E-state index is 0.121. The van der Waals surface area contributed by atoms with Crippen LogP contribution in [0.25, 0.3) is 0 Å². The molecule has 0 aliphatic rings. The number of para-hydroxylation sites is 1. The van der Waals surface area contributed by atoms with Gasteiger partial charge in [-0.05, 0) is 23.3 Å². The first-order valence-electron chi connectivity index (χ1n) is 8.86. The summed E-state index contributed by atoms with van der Waals surface area (Å²) in [6.45, 7) is 0.121. The van der Waals surface area contributed by atoms with Gasteiger partial charge in [0.2, 0.25) is 0 Å². The summed E-state index contributed by atoms with van der Waals surface area (Å²) in [5, 5.41) is 4.55. The van der Waals surface area contributed by atoms with E-state index in [1.54, 1.807) is 0 Å². The average molecular weight is 402 g/mol. The number of amides is 2. The van der Waals surface area contributed by atoms with Gasteiger partial charge in [0.25, 0.3) is 0 Å². The summed E-state index contributed by atoms with van der Waals surface area (Å²) in [5.41, 5.74) is -0.273. The number of alkyl halides is 3. The van der Waals surface area contributed by atoms with Gasteiger partial charge in [0.15, 0.2) is 0 Å². The van der Waals surface area contributed by atoms with E-state index in [0.29, 0.717) is 0 Å². The van der Waals surface area contributed by atoms with Gasteiger partial charge in [-0.25, -0.2) is 9.18 Å². The molecule has 2 amide bonds. The fourth-order valence-corrected chi connectivity index (χ4v) is 3.04. The smallest absolute Gasteiger partial charge is 0.337 e. The zero-order valence-electron chi connectivity index (χ0n) is 15.2. The van der Waals surface area contributed by atoms with Gasteiger partial charge in [-0.2, -0.15) is 13.2 Å². The number of benzene rings is 3. The Balaban J connectivity index is 1.77. The molecule has 3 aromatic carbocycles. The Kier molecular flexibility index (Phi) is 6.16. The van der Waals surface area contributed by atoms with Gasteiger partial charge in [-0.1, -0.05) is 66.7 Å². The number of carbonyl (C=O) groups is 1. The summed E-state index contributed by atoms with van der Waals surface area (Å²) in [4.78, 5) is 12.3. The second-order valence-electron chi connectivity index (χ2n) is 6.37. The van der Waals surface area contributed by atoms with Crippen molar-refractivity contribution in [1.29, 1.82) is 0 Å². The van der Waals surface area contributed by atoms with Crippen molar-refractivity contribution in [3.63, 3.8) is 0 Å². The number of urea groups is 1. The Morgan fingerprint density at radius 1 is 0.828 bits per heavy atom. The van der Waals surface area contributed by atoms with E-state index in [0.717, 1.165) is 29.3 Å². The van der Waals surface area contributed by atoms with Gasteiger partial charge in [0, 0.05) is 12.5 Å². The second kappa shape index (κ2) is 8.77. The molecule has 0 aliphatic heterocycles. The van der Waals surface area contributed by atoms with Crippen LogP contribution in [0.15, 0.2) is 78.9 Å². The van der Waals surface area contributed by atoms with E-state index in [9.17, 15) is 22.4 Å². The highest BCUT2D eigenvalue weighted by Gasteiger charge is 2.35. The quantitative estimate of drug-likeness (QED) is 0.521. The number of nitrogens with one attached hydrogen (secondary N) is 2. The third-order valence-electron chi connectivity index (χ3n) is 4.43. The molecule has 2 N–H and O–H groups in total. The predicted molar refractivity (Wildman–Crippen MR) is 103 cm³/mol. The molecule has 0 fully saturated rings. The van der Waals surface area contributed by atoms with Crippen LogP contribution in [0.1, 0.15) is 22.6 Å². The van der Waals surface area contributed by atoms with Crippen LogP contribution in [-0.4, -0.2) is 12.6 Å². The lowest BCUT2D eigenvalue weighted by molar-refractivity contribution is -0.137. The first kappa shape index (κ1) is 20.4. The highest BCUT2D eigenvalue weighted by Crippen LogP contribution is 2.36. The number of rotatable bonds is 5. The van der Waals surface area contributed by atoms with Crippen molar-refractivity contribution < 1.29 is 22.4 Å². The standard InChI is InChI=1S/C22H18F4N2O/c23-19-13-7-12-18(22(24,25)26)20(19)28-21(29)27-14-17(15-8-3-1-4-9-15)16-10-5-2-6-11-16/h1-13,17H,14H2,(H2,27,28,29). The van der Waals surface area contributed by atoms with Crippen molar-refractivity contribution in [2.24, 2.45) is 0 Å². The molecule has 0 aliphatic carbocycles. The van der Waals surface area contributed by atoms with Crippen molar-refractivity contribution in [3.05, 3.63) is 101 Å². The van der Waals surface area contributed by atoms with Crippen LogP contribution >= 0.6 is 0 Å². The largest absolute Gasteiger partial charge is 0.418 e. The van der Waals surface area contributed by atoms with E-state index >= 15 is 0 Å². The minimum Gasteiger partial charge on any atom is -0.337 e. The third-order valence-corrected chi connectivity index (χ3v) is 4.43. The molecule has 0 saturated heterocycles. The summed E-state index contributed by atoms with van der Waals surface area (Å²) in [6, 6.07) is 20.4. The molecule has 29 heavy (non-hydrogen) atoms. The Morgan fingerprint density at radius 3 is 1.90 bits per heavy atom. The minimum atomic E-state index is -4.79. The van der Waals surface area contributed by atoms with Crippen LogP contribution in [0.4, 0.5) is 28.0 Å². The molecule has 0 atom stereocenters. The van der Waals surface area contributed by atoms with Gasteiger partial charge in [-0.15, -0.1) is 0 Å². The zero-order chi connectivity index (χ0) is 20.9. The molecule has 0 saturated carbocycles. The molecule has 0 aromatic heterocycles. The number of hydrogen-bond donors (Lipinski definition) is 2. The highest BCUT2D eigenvalue weighted by molar-refractivity contribution is 5.90. The molecule has 150 valence electrons. The van der Waals surface area contributed by atoms with Gasteiger partial charge in [0.1, 0.15) is 5.82 Å². The molecule has 3 aromatic rings. The molecule has 3 rings (SSSR count). The van der Waals surface area contributed by atoms with Crippen molar-refractivity contribution in [2.45, 2.75) is 12.1 Å². The van der Waals surface area contributed by atoms with Crippen LogP contribution in [0.5, 0.6) is 0 Å². The summed E-state index contributed by atoms with van der Waals surface area (Å²) in [5.74, 6) is -1.37. The molecule has 0 unspecified atom stereocenters. The lowest BCUT2D eigenvalue weighted by atomic mass is 9.91. The molecule has 0 radical (unpaired) electrons. The Bertz CT molecular complexity index is 920. The van der Waals surface area contributed by atoms with Crippen molar-refractivity contribution in [1.82, 2.24) is 5.32 Å². The van der Waals surface area contributed by atoms with E-state index in [1.165, 1.54) is 0 Å². The number of carbonyl (C=O) groups excluding carboxylic acids is 1. The topological polar surface area (TPSA) is 41.1 Å². The average Bonchev–Trinajstić information content (AvgIpc) is 2.70. The Morgan fingerprint density at radius 2 is 1.38 bits per heavy atom. The normalized spacial score (nSPS) is 11.3. The van der Waals surface area contributed by atoms with E-state index in [4.69, 9.17) is 0 Å². The molecule has 0 heterocycles. The summed E-state index contributed by atoms with van der Waals surface area (Å²) < 4.78 is 53.2. The van der Waals surface area contributed by atoms with E-state index in [2.05, 4.69) is 5.32 Å². The van der Waals surface area contributed by atoms with Crippen LogP contribution in [0.2, 0.25) is 0 Å². The number of hydrogen-bond acceptors (Lipinski definition) is 1. The van der Waals surface area contributed by atoms with Gasteiger partial charge in [-0.3, -0.25) is 0 Å². The van der Waals surface area contributed by atoms with Crippen LogP contribution in [0, 0.1) is 5.82 Å². The predicted octanol–water partition coefficient (Wildman–Crippen LogP) is 5.80. The Hall–Kier alpha value is -3.35. The van der Waals surface area contributed by atoms with Gasteiger partial charge < -0.3 is 10.6 Å². The van der Waals surface area contributed by atoms with E-state index in [-0.39, 0.29) is 12.5 Å². The van der Waals surface area contributed by atoms with Crippen molar-refractivity contribution >= 4 is 11.7 Å². The van der Waals surface area contributed by atoms with Crippen molar-refractivity contribution in [3.8, 4) is 0 Å². The maximum atomic E-state index is 13.9. The summed E-state index contributed by atoms with van der Waals surface area (Å²) in [6.07, 6.45) is -4.79. The lowest BCUT2D eigenvalue weighted by Gasteiger charge is -2.20. The number of halogens is 4. The van der Waals surface area contributed by atoms with Crippen LogP contribution in [-0.2, 0) is 6.18 Å². The molecular formula is C22H18F4N2O. The number of anilines is 1. The molecule has 3 nitrogen and oxygen atoms in total. The molecule has 0 spiro atoms. The van der Waals surface area contributed by atoms with E-state index < -0.39 is 29.3 Å². The lowest BCUT2D eigenvalue weighted by Crippen LogP contribution is -2.33. The fraction of sp³-hybridized carbons (Fsp3) is 0.136. The monoisotopic (exact) mass is 402 g/mol. The fourth-order valence-electron chi connectivity index (χ4n) is 3.04. The zero-order valence-corrected chi connectivity index (χ0v) is 15.2. The second-order valence-corrected chi connectivity index (χ2v) is 6.37.